The number of pyridine rings is 6. The zero-order valence-corrected chi connectivity index (χ0v) is 90.2. The molecule has 0 fully saturated rings. The van der Waals surface area contributed by atoms with Crippen LogP contribution in [0.15, 0.2) is 387 Å². The maximum absolute atomic E-state index is 13.1. The molecule has 0 saturated heterocycles. The minimum Gasteiger partial charge on any atom is -0.305 e. The Bertz CT molecular complexity index is 6940. The molecule has 21 rings (SSSR count). The topological polar surface area (TPSA) is 111 Å². The molecule has 669 valence electrons. The van der Waals surface area contributed by atoms with Gasteiger partial charge in [-0.05, 0) is 137 Å². The molecular weight excluding hydrogens is 2260 g/mol. The summed E-state index contributed by atoms with van der Waals surface area (Å²) in [5.74, 6) is 0. The molecule has 3 aliphatic heterocycles. The SMILES string of the molecule is C[Si](C)(C)c1ccc(-c2[c-]cc3c(c2)[Si](c2ccccc2)(c2ccccc2)c2ccccc2-3)nc1.C[Si](C)(C)c1ccc(-c2[c-]ccc3c2[Si](C)(C)c2ccccc2-3)nc1.C[Si](C)(C)c1cnc(-c2[c-]cc3c(c2)S(=O)(=O)c2ccccc2-3)cc1-c1ccccc1.Cc1cccnc1-c1[c-]cccc1.Cc1cccnc1-c1[c-]cccc1.Cc1cccnc1-c1[c-]cccc1.[Ir].[Ir].[Ir]. The molecule has 0 saturated carbocycles. The Kier molecular flexibility index (Phi) is 31.9. The number of rotatable bonds is 12. The summed E-state index contributed by atoms with van der Waals surface area (Å²) in [6.45, 7) is 32.2. The van der Waals surface area contributed by atoms with E-state index >= 15 is 0 Å². The second kappa shape index (κ2) is 42.8. The number of sulfone groups is 1. The van der Waals surface area contributed by atoms with Crippen LogP contribution in [0.5, 0.6) is 0 Å². The summed E-state index contributed by atoms with van der Waals surface area (Å²) in [6, 6.07) is 137. The summed E-state index contributed by atoms with van der Waals surface area (Å²) in [6.07, 6.45) is 11.6. The first kappa shape index (κ1) is 99.0. The fourth-order valence-electron chi connectivity index (χ4n) is 17.6. The maximum Gasteiger partial charge on any atom is 0.189 e. The summed E-state index contributed by atoms with van der Waals surface area (Å²) in [4.78, 5) is 28.1. The Balaban J connectivity index is 0.000000141. The van der Waals surface area contributed by atoms with Gasteiger partial charge in [-0.25, -0.2) is 8.42 Å². The van der Waals surface area contributed by atoms with E-state index in [2.05, 4.69) is 351 Å². The van der Waals surface area contributed by atoms with Gasteiger partial charge in [-0.15, -0.1) is 189 Å². The minimum atomic E-state index is -3.53. The molecule has 8 nitrogen and oxygen atoms in total. The van der Waals surface area contributed by atoms with Crippen LogP contribution in [0.25, 0.3) is 112 Å². The van der Waals surface area contributed by atoms with Crippen LogP contribution in [0.4, 0.5) is 0 Å². The standard InChI is InChI=1S/C32H28NSi2.C26H22NO2SSi.C22H24NSi2.3C12H10N.3Ir/c1-34(2,3)27-19-21-30(33-23-27)24-18-20-29-28-16-10-11-17-31(28)35(32(29)22-24,25-12-6-4-7-13-25)26-14-8-5-9-15-26;1-31(2,3)26-17-27-23(16-22(26)18-9-5-4-6-10-18)19-13-14-21-20-11-7-8-12-24(20)30(28,29)25(21)15-19;1-24(2,3)16-13-14-20(23-15-16)19-11-8-10-18-17-9-6-7-12-21(17)25(4,5)22(18)19;3*1-10-6-5-9-13-12(10)11-7-3-2-4-8-11;;;/h4-17,19-23H,1-3H3;4-12,14-17H,1-3H3;6-10,12-15H,1-5H3;3*2-7,9H,1H3;;;/q6*-1;;;. The Morgan fingerprint density at radius 2 is 0.729 bits per heavy atom. The van der Waals surface area contributed by atoms with Gasteiger partial charge >= 0.3 is 0 Å². The third-order valence-corrected chi connectivity index (χ3v) is 40.7. The van der Waals surface area contributed by atoms with Gasteiger partial charge in [0.15, 0.2) is 17.9 Å². The van der Waals surface area contributed by atoms with Crippen LogP contribution >= 0.6 is 0 Å². The number of hydrogen-bond donors (Lipinski definition) is 0. The third-order valence-electron chi connectivity index (χ3n) is 24.4. The van der Waals surface area contributed by atoms with Crippen molar-refractivity contribution in [2.24, 2.45) is 0 Å². The molecular formula is C116H104Ir3N6O2SSi5-6. The van der Waals surface area contributed by atoms with Crippen LogP contribution < -0.4 is 46.7 Å². The van der Waals surface area contributed by atoms with Gasteiger partial charge in [-0.3, -0.25) is 0 Å². The van der Waals surface area contributed by atoms with Gasteiger partial charge < -0.3 is 29.9 Å². The second-order valence-corrected chi connectivity index (χ2v) is 61.7. The smallest absolute Gasteiger partial charge is 0.189 e. The molecule has 17 heteroatoms. The van der Waals surface area contributed by atoms with Crippen molar-refractivity contribution in [3.05, 3.63) is 430 Å². The molecule has 0 amide bonds. The van der Waals surface area contributed by atoms with Crippen LogP contribution in [0.2, 0.25) is 72.0 Å². The van der Waals surface area contributed by atoms with Crippen molar-refractivity contribution in [1.82, 2.24) is 29.9 Å². The first-order valence-corrected chi connectivity index (χ1v) is 61.2. The average molecular weight is 2360 g/mol. The van der Waals surface area contributed by atoms with Gasteiger partial charge in [0.1, 0.15) is 0 Å². The molecule has 6 aromatic heterocycles. The number of nitrogens with zero attached hydrogens (tertiary/aromatic N) is 6. The monoisotopic (exact) mass is 2360 g/mol. The first-order chi connectivity index (χ1) is 62.7. The molecule has 3 radical (unpaired) electrons. The number of benzene rings is 12. The van der Waals surface area contributed by atoms with Crippen molar-refractivity contribution in [3.8, 4) is 112 Å². The molecule has 0 atom stereocenters. The van der Waals surface area contributed by atoms with Gasteiger partial charge in [-0.2, -0.15) is 0 Å². The molecule has 0 unspecified atom stereocenters. The summed E-state index contributed by atoms with van der Waals surface area (Å²) in [5, 5.41) is 12.8. The van der Waals surface area contributed by atoms with E-state index in [0.717, 1.165) is 73.1 Å². The van der Waals surface area contributed by atoms with Crippen molar-refractivity contribution in [2.75, 3.05) is 0 Å². The van der Waals surface area contributed by atoms with Gasteiger partial charge in [0, 0.05) is 97.5 Å². The largest absolute Gasteiger partial charge is 0.305 e. The van der Waals surface area contributed by atoms with E-state index in [-0.39, 0.29) is 60.3 Å². The zero-order chi connectivity index (χ0) is 91.0. The fourth-order valence-corrected chi connectivity index (χ4v) is 31.4. The van der Waals surface area contributed by atoms with Gasteiger partial charge in [0.05, 0.1) is 37.2 Å². The Hall–Kier alpha value is -11.5. The predicted molar refractivity (Wildman–Crippen MR) is 555 cm³/mol. The van der Waals surface area contributed by atoms with Crippen LogP contribution in [-0.4, -0.2) is 78.7 Å². The number of aryl methyl sites for hydroxylation is 3. The predicted octanol–water partition coefficient (Wildman–Crippen LogP) is 22.5. The summed E-state index contributed by atoms with van der Waals surface area (Å²) >= 11 is 0. The summed E-state index contributed by atoms with van der Waals surface area (Å²) < 4.78 is 26.2. The number of fused-ring (bicyclic) bond motifs is 9. The Morgan fingerprint density at radius 1 is 0.301 bits per heavy atom. The molecule has 3 aliphatic rings. The minimum absolute atomic E-state index is 0. The van der Waals surface area contributed by atoms with E-state index in [1.165, 1.54) is 91.2 Å². The van der Waals surface area contributed by atoms with E-state index in [1.807, 2.05) is 146 Å². The molecule has 12 aromatic carbocycles. The van der Waals surface area contributed by atoms with Crippen LogP contribution in [0.1, 0.15) is 16.7 Å². The number of aromatic nitrogens is 6. The van der Waals surface area contributed by atoms with Crippen molar-refractivity contribution in [3.63, 3.8) is 0 Å². The normalized spacial score (nSPS) is 12.6. The fraction of sp³-hybridized carbons (Fsp3) is 0.121. The van der Waals surface area contributed by atoms with Crippen LogP contribution in [0, 0.1) is 57.2 Å². The molecule has 0 bridgehead atoms. The first-order valence-electron chi connectivity index (χ1n) is 44.2. The zero-order valence-electron chi connectivity index (χ0n) is 77.2. The summed E-state index contributed by atoms with van der Waals surface area (Å²) in [5.41, 5.74) is 24.7. The van der Waals surface area contributed by atoms with Crippen LogP contribution in [0.3, 0.4) is 0 Å². The van der Waals surface area contributed by atoms with Crippen molar-refractivity contribution in [2.45, 2.75) is 103 Å². The van der Waals surface area contributed by atoms with Gasteiger partial charge in [0.25, 0.3) is 0 Å². The molecule has 0 N–H and O–H groups in total. The van der Waals surface area contributed by atoms with Gasteiger partial charge in [0.2, 0.25) is 0 Å². The summed E-state index contributed by atoms with van der Waals surface area (Å²) in [7, 11) is -12.1. The third kappa shape index (κ3) is 21.4. The molecule has 0 aliphatic carbocycles. The molecule has 0 spiro atoms. The van der Waals surface area contributed by atoms with E-state index in [9.17, 15) is 8.42 Å². The molecule has 9 heterocycles. The quantitative estimate of drug-likeness (QED) is 0.0878. The number of hydrogen-bond acceptors (Lipinski definition) is 8. The average Bonchev–Trinajstić information content (AvgIpc) is 1.54. The van der Waals surface area contributed by atoms with Crippen molar-refractivity contribution in [1.29, 1.82) is 0 Å². The van der Waals surface area contributed by atoms with E-state index in [0.29, 0.717) is 20.9 Å². The Labute approximate surface area is 832 Å². The van der Waals surface area contributed by atoms with E-state index in [1.54, 1.807) is 24.3 Å². The van der Waals surface area contributed by atoms with Crippen LogP contribution in [-0.2, 0) is 70.2 Å². The van der Waals surface area contributed by atoms with Crippen molar-refractivity contribution < 1.29 is 68.7 Å². The van der Waals surface area contributed by atoms with Gasteiger partial charge in [-0.1, -0.05) is 322 Å². The maximum atomic E-state index is 13.1. The molecule has 18 aromatic rings. The Morgan fingerprint density at radius 3 is 1.20 bits per heavy atom. The van der Waals surface area contributed by atoms with E-state index < -0.39 is 50.2 Å². The van der Waals surface area contributed by atoms with Crippen molar-refractivity contribution >= 4 is 96.9 Å². The molecule has 133 heavy (non-hydrogen) atoms. The second-order valence-electron chi connectivity index (χ2n) is 36.6. The van der Waals surface area contributed by atoms with E-state index in [4.69, 9.17) is 15.0 Å².